The van der Waals surface area contributed by atoms with Crippen LogP contribution >= 0.6 is 0 Å². The van der Waals surface area contributed by atoms with Crippen LogP contribution in [-0.4, -0.2) is 55.1 Å². The van der Waals surface area contributed by atoms with Gasteiger partial charge >= 0.3 is 0 Å². The van der Waals surface area contributed by atoms with Crippen molar-refractivity contribution in [3.05, 3.63) is 12.2 Å². The number of hydrogen-bond acceptors (Lipinski definition) is 4. The molecule has 0 fully saturated rings. The number of aliphatic hydroxyl groups is 1. The lowest BCUT2D eigenvalue weighted by Crippen LogP contribution is -2.50. The van der Waals surface area contributed by atoms with Crippen LogP contribution in [0.25, 0.3) is 0 Å². The van der Waals surface area contributed by atoms with Gasteiger partial charge in [-0.2, -0.15) is 0 Å². The van der Waals surface area contributed by atoms with Gasteiger partial charge in [-0.3, -0.25) is 4.79 Å². The summed E-state index contributed by atoms with van der Waals surface area (Å²) in [4.78, 5) is 23.4. The van der Waals surface area contributed by atoms with Crippen LogP contribution in [0.15, 0.2) is 12.2 Å². The molecule has 0 heterocycles. The van der Waals surface area contributed by atoms with Gasteiger partial charge in [-0.15, -0.1) is 0 Å². The molecule has 28 heavy (non-hydrogen) atoms. The Bertz CT molecular complexity index is 454. The summed E-state index contributed by atoms with van der Waals surface area (Å²) in [6.45, 7) is 2.42. The number of carbonyl (C=O) groups excluding carboxylic acids is 2. The minimum absolute atomic E-state index is 0.177. The minimum atomic E-state index is -1.51. The van der Waals surface area contributed by atoms with Crippen molar-refractivity contribution in [1.29, 1.82) is 0 Å². The second kappa shape index (κ2) is 15.7. The maximum absolute atomic E-state index is 12.1. The van der Waals surface area contributed by atoms with Gasteiger partial charge in [-0.1, -0.05) is 77.2 Å². The number of nitrogens with zero attached hydrogens (tertiary/aromatic N) is 1. The van der Waals surface area contributed by atoms with Crippen LogP contribution in [0.5, 0.6) is 0 Å². The zero-order valence-corrected chi connectivity index (χ0v) is 18.6. The van der Waals surface area contributed by atoms with Crippen LogP contribution < -0.4 is 5.11 Å². The fraction of sp³-hybridized carbons (Fsp3) is 0.826. The van der Waals surface area contributed by atoms with E-state index in [9.17, 15) is 19.8 Å². The van der Waals surface area contributed by atoms with E-state index in [0.29, 0.717) is 4.48 Å². The molecule has 0 aliphatic rings. The molecule has 0 amide bonds. The van der Waals surface area contributed by atoms with Crippen molar-refractivity contribution in [2.45, 2.75) is 90.1 Å². The summed E-state index contributed by atoms with van der Waals surface area (Å²) >= 11 is 0. The summed E-state index contributed by atoms with van der Waals surface area (Å²) in [5.74, 6) is -3.58. The Labute approximate surface area is 172 Å². The standard InChI is InChI=1S/C23H43NO4/c1-5-6-7-8-9-10-11-12-13-14-15-16-17-18-20(25)22(23(27)28)21(26)19-24(2,3)4/h17-18,21-22,26H,5-16,19H2,1-4H3/b18-17+. The van der Waals surface area contributed by atoms with Gasteiger partial charge in [0.25, 0.3) is 0 Å². The number of aliphatic carboxylic acids is 1. The van der Waals surface area contributed by atoms with Crippen LogP contribution in [0.2, 0.25) is 0 Å². The lowest BCUT2D eigenvalue weighted by atomic mass is 9.96. The van der Waals surface area contributed by atoms with E-state index in [1.54, 1.807) is 6.08 Å². The summed E-state index contributed by atoms with van der Waals surface area (Å²) in [7, 11) is 5.51. The molecular weight excluding hydrogens is 354 g/mol. The van der Waals surface area contributed by atoms with Crippen LogP contribution in [0, 0.1) is 5.92 Å². The van der Waals surface area contributed by atoms with E-state index >= 15 is 0 Å². The lowest BCUT2D eigenvalue weighted by Gasteiger charge is -2.30. The van der Waals surface area contributed by atoms with E-state index < -0.39 is 23.8 Å². The van der Waals surface area contributed by atoms with E-state index in [-0.39, 0.29) is 6.54 Å². The van der Waals surface area contributed by atoms with E-state index in [0.717, 1.165) is 19.3 Å². The Morgan fingerprint density at radius 3 is 1.79 bits per heavy atom. The molecule has 2 atom stereocenters. The second-order valence-electron chi connectivity index (χ2n) is 8.97. The van der Waals surface area contributed by atoms with Crippen LogP contribution in [-0.2, 0) is 9.59 Å². The Morgan fingerprint density at radius 2 is 1.36 bits per heavy atom. The van der Waals surface area contributed by atoms with E-state index in [4.69, 9.17) is 0 Å². The SMILES string of the molecule is CCCCCCCCCCCCC/C=C/C(=O)C(C(=O)[O-])C(O)C[N+](C)(C)C. The Hall–Kier alpha value is -1.20. The fourth-order valence-corrected chi connectivity index (χ4v) is 3.36. The summed E-state index contributed by atoms with van der Waals surface area (Å²) in [6.07, 6.45) is 16.5. The van der Waals surface area contributed by atoms with Crippen LogP contribution in [0.4, 0.5) is 0 Å². The average Bonchev–Trinajstić information content (AvgIpc) is 2.57. The van der Waals surface area contributed by atoms with Crippen molar-refractivity contribution in [3.8, 4) is 0 Å². The second-order valence-corrected chi connectivity index (χ2v) is 8.97. The molecule has 0 aromatic carbocycles. The third kappa shape index (κ3) is 14.8. The molecule has 0 aromatic rings. The van der Waals surface area contributed by atoms with Gasteiger partial charge in [0, 0.05) is 0 Å². The van der Waals surface area contributed by atoms with Crippen molar-refractivity contribution < 1.29 is 24.3 Å². The van der Waals surface area contributed by atoms with Gasteiger partial charge in [0.1, 0.15) is 12.6 Å². The molecule has 0 saturated carbocycles. The molecule has 164 valence electrons. The lowest BCUT2D eigenvalue weighted by molar-refractivity contribution is -0.873. The van der Waals surface area contributed by atoms with Gasteiger partial charge in [0.2, 0.25) is 0 Å². The van der Waals surface area contributed by atoms with E-state index in [1.807, 2.05) is 21.1 Å². The Kier molecular flexibility index (Phi) is 15.0. The highest BCUT2D eigenvalue weighted by atomic mass is 16.4. The number of carboxylic acid groups (broad SMARTS) is 1. The molecule has 0 aromatic heterocycles. The number of quaternary nitrogens is 1. The largest absolute Gasteiger partial charge is 0.549 e. The highest BCUT2D eigenvalue weighted by Crippen LogP contribution is 2.13. The predicted molar refractivity (Wildman–Crippen MR) is 113 cm³/mol. The van der Waals surface area contributed by atoms with Gasteiger partial charge in [0.15, 0.2) is 5.78 Å². The number of carboxylic acids is 1. The van der Waals surface area contributed by atoms with Gasteiger partial charge < -0.3 is 19.5 Å². The van der Waals surface area contributed by atoms with E-state index in [2.05, 4.69) is 6.92 Å². The van der Waals surface area contributed by atoms with Crippen molar-refractivity contribution in [2.75, 3.05) is 27.7 Å². The first-order valence-electron chi connectivity index (χ1n) is 11.1. The fourth-order valence-electron chi connectivity index (χ4n) is 3.36. The highest BCUT2D eigenvalue weighted by Gasteiger charge is 2.30. The zero-order chi connectivity index (χ0) is 21.4. The van der Waals surface area contributed by atoms with E-state index in [1.165, 1.54) is 63.9 Å². The third-order valence-electron chi connectivity index (χ3n) is 4.94. The highest BCUT2D eigenvalue weighted by molar-refractivity contribution is 6.04. The number of likely N-dealkylation sites (N-methyl/N-ethyl adjacent to an activating group) is 1. The smallest absolute Gasteiger partial charge is 0.166 e. The normalized spacial score (nSPS) is 14.3. The molecule has 5 nitrogen and oxygen atoms in total. The quantitative estimate of drug-likeness (QED) is 0.167. The monoisotopic (exact) mass is 397 g/mol. The molecule has 0 radical (unpaired) electrons. The molecule has 0 saturated heterocycles. The van der Waals surface area contributed by atoms with Gasteiger partial charge in [0.05, 0.1) is 33.0 Å². The van der Waals surface area contributed by atoms with Crippen LogP contribution in [0.3, 0.4) is 0 Å². The molecule has 0 aliphatic heterocycles. The number of ketones is 1. The zero-order valence-electron chi connectivity index (χ0n) is 18.6. The predicted octanol–water partition coefficient (Wildman–Crippen LogP) is 3.25. The first kappa shape index (κ1) is 26.8. The number of unbranched alkanes of at least 4 members (excludes halogenated alkanes) is 11. The van der Waals surface area contributed by atoms with Gasteiger partial charge in [-0.25, -0.2) is 0 Å². The molecular formula is C23H43NO4. The molecule has 5 heteroatoms. The molecule has 0 bridgehead atoms. The maximum atomic E-state index is 12.1. The number of rotatable bonds is 18. The maximum Gasteiger partial charge on any atom is 0.166 e. The first-order valence-corrected chi connectivity index (χ1v) is 11.1. The Morgan fingerprint density at radius 1 is 0.893 bits per heavy atom. The molecule has 2 unspecified atom stereocenters. The van der Waals surface area contributed by atoms with Crippen molar-refractivity contribution >= 4 is 11.8 Å². The first-order chi connectivity index (χ1) is 13.2. The molecule has 0 spiro atoms. The summed E-state index contributed by atoms with van der Waals surface area (Å²) in [6, 6.07) is 0. The number of aliphatic hydroxyl groups excluding tert-OH is 1. The number of carbonyl (C=O) groups is 2. The minimum Gasteiger partial charge on any atom is -0.549 e. The summed E-state index contributed by atoms with van der Waals surface area (Å²) < 4.78 is 0.376. The van der Waals surface area contributed by atoms with Crippen molar-refractivity contribution in [3.63, 3.8) is 0 Å². The number of hydrogen-bond donors (Lipinski definition) is 1. The average molecular weight is 398 g/mol. The van der Waals surface area contributed by atoms with Gasteiger partial charge in [-0.05, 0) is 18.9 Å². The summed E-state index contributed by atoms with van der Waals surface area (Å²) in [5, 5.41) is 21.4. The van der Waals surface area contributed by atoms with Crippen LogP contribution in [0.1, 0.15) is 84.0 Å². The third-order valence-corrected chi connectivity index (χ3v) is 4.94. The molecule has 1 N–H and O–H groups in total. The molecule has 0 aliphatic carbocycles. The summed E-state index contributed by atoms with van der Waals surface area (Å²) in [5.41, 5.74) is 0. The molecule has 0 rings (SSSR count). The Balaban J connectivity index is 3.92. The van der Waals surface area contributed by atoms with Crippen molar-refractivity contribution in [2.24, 2.45) is 5.92 Å². The topological polar surface area (TPSA) is 77.4 Å². The number of allylic oxidation sites excluding steroid dienone is 2. The van der Waals surface area contributed by atoms with Crippen molar-refractivity contribution in [1.82, 2.24) is 0 Å².